The average molecular weight is 637 g/mol. The van der Waals surface area contributed by atoms with Crippen molar-refractivity contribution in [1.29, 1.82) is 0 Å². The Labute approximate surface area is 292 Å². The first-order chi connectivity index (χ1) is 24.8. The highest BCUT2D eigenvalue weighted by Gasteiger charge is 2.21. The quantitative estimate of drug-likeness (QED) is 0.170. The van der Waals surface area contributed by atoms with Gasteiger partial charge in [-0.05, 0) is 84.3 Å². The van der Waals surface area contributed by atoms with Crippen LogP contribution in [0.4, 0.5) is 0 Å². The second-order valence-corrected chi connectivity index (χ2v) is 12.6. The molecule has 2 heteroatoms. The first-order valence-electron chi connectivity index (χ1n) is 17.0. The molecule has 9 aromatic rings. The number of fused-ring (bicyclic) bond motifs is 2. The fourth-order valence-electron chi connectivity index (χ4n) is 7.33. The molecule has 0 N–H and O–H groups in total. The van der Waals surface area contributed by atoms with Crippen LogP contribution in [0.5, 0.6) is 0 Å². The van der Waals surface area contributed by atoms with Crippen LogP contribution < -0.4 is 0 Å². The van der Waals surface area contributed by atoms with Crippen molar-refractivity contribution in [3.8, 4) is 66.9 Å². The number of rotatable bonds is 6. The Bertz CT molecular complexity index is 2610. The minimum absolute atomic E-state index is 0.932. The third-order valence-electron chi connectivity index (χ3n) is 9.64. The fraction of sp³-hybridized carbons (Fsp3) is 0. The van der Waals surface area contributed by atoms with Crippen LogP contribution in [0.1, 0.15) is 0 Å². The van der Waals surface area contributed by atoms with Crippen molar-refractivity contribution in [2.75, 3.05) is 0 Å². The van der Waals surface area contributed by atoms with Crippen LogP contribution >= 0.6 is 0 Å². The van der Waals surface area contributed by atoms with E-state index in [1.807, 2.05) is 18.5 Å². The summed E-state index contributed by atoms with van der Waals surface area (Å²) >= 11 is 0. The van der Waals surface area contributed by atoms with Gasteiger partial charge in [0.15, 0.2) is 0 Å². The molecule has 0 unspecified atom stereocenters. The SMILES string of the molecule is c1ccc(-c2ccccc2-c2c3ccccc3c(-c3ccccc3-c3ccccc3)c3cc(-c4ccc(-c5cccnc5)cn4)ccc23)cc1. The molecular formula is C48H32N2. The Hall–Kier alpha value is -6.64. The molecular weight excluding hydrogens is 605 g/mol. The van der Waals surface area contributed by atoms with E-state index in [9.17, 15) is 0 Å². The molecule has 0 aliphatic heterocycles. The standard InChI is InChI=1S/C48H32N2/c1-3-14-33(15-4-1)38-19-7-9-21-40(38)47-42-23-11-12-24-43(42)48(41-22-10-8-20-39(41)34-16-5-2-6-17-34)45-30-35(25-27-44(45)47)46-28-26-37(32-50-46)36-18-13-29-49-31-36/h1-32H. The molecule has 9 rings (SSSR count). The summed E-state index contributed by atoms with van der Waals surface area (Å²) < 4.78 is 0. The zero-order valence-corrected chi connectivity index (χ0v) is 27.4. The molecule has 0 aliphatic rings. The van der Waals surface area contributed by atoms with Gasteiger partial charge >= 0.3 is 0 Å². The van der Waals surface area contributed by atoms with Crippen LogP contribution in [-0.2, 0) is 0 Å². The predicted octanol–water partition coefficient (Wildman–Crippen LogP) is 12.8. The number of hydrogen-bond acceptors (Lipinski definition) is 2. The van der Waals surface area contributed by atoms with Gasteiger partial charge in [-0.1, -0.05) is 158 Å². The van der Waals surface area contributed by atoms with Crippen molar-refractivity contribution in [2.45, 2.75) is 0 Å². The van der Waals surface area contributed by atoms with Crippen molar-refractivity contribution in [1.82, 2.24) is 9.97 Å². The molecule has 0 aliphatic carbocycles. The van der Waals surface area contributed by atoms with Crippen molar-refractivity contribution >= 4 is 21.5 Å². The van der Waals surface area contributed by atoms with Gasteiger partial charge in [0.2, 0.25) is 0 Å². The lowest BCUT2D eigenvalue weighted by Crippen LogP contribution is -1.95. The molecule has 7 aromatic carbocycles. The zero-order valence-electron chi connectivity index (χ0n) is 27.4. The Morgan fingerprint density at radius 1 is 0.300 bits per heavy atom. The maximum atomic E-state index is 4.97. The summed E-state index contributed by atoms with van der Waals surface area (Å²) in [6.07, 6.45) is 5.62. The van der Waals surface area contributed by atoms with Gasteiger partial charge in [0.1, 0.15) is 0 Å². The molecule has 2 nitrogen and oxygen atoms in total. The van der Waals surface area contributed by atoms with Crippen molar-refractivity contribution in [3.05, 3.63) is 195 Å². The zero-order chi connectivity index (χ0) is 33.3. The molecule has 0 bridgehead atoms. The Balaban J connectivity index is 1.36. The highest BCUT2D eigenvalue weighted by molar-refractivity contribution is 6.23. The average Bonchev–Trinajstić information content (AvgIpc) is 3.21. The lowest BCUT2D eigenvalue weighted by atomic mass is 9.82. The van der Waals surface area contributed by atoms with Crippen LogP contribution in [0.15, 0.2) is 195 Å². The summed E-state index contributed by atoms with van der Waals surface area (Å²) in [5, 5.41) is 4.85. The maximum Gasteiger partial charge on any atom is 0.0702 e. The molecule has 234 valence electrons. The van der Waals surface area contributed by atoms with Gasteiger partial charge < -0.3 is 0 Å². The van der Waals surface area contributed by atoms with E-state index in [1.54, 1.807) is 6.20 Å². The van der Waals surface area contributed by atoms with E-state index in [0.717, 1.165) is 22.4 Å². The summed E-state index contributed by atoms with van der Waals surface area (Å²) in [5.41, 5.74) is 13.8. The topological polar surface area (TPSA) is 25.8 Å². The Morgan fingerprint density at radius 2 is 0.780 bits per heavy atom. The van der Waals surface area contributed by atoms with Crippen LogP contribution in [0.3, 0.4) is 0 Å². The van der Waals surface area contributed by atoms with Gasteiger partial charge in [-0.25, -0.2) is 0 Å². The van der Waals surface area contributed by atoms with Gasteiger partial charge in [-0.3, -0.25) is 9.97 Å². The Morgan fingerprint density at radius 3 is 1.34 bits per heavy atom. The highest BCUT2D eigenvalue weighted by Crippen LogP contribution is 2.48. The van der Waals surface area contributed by atoms with Gasteiger partial charge in [0.25, 0.3) is 0 Å². The minimum Gasteiger partial charge on any atom is -0.264 e. The maximum absolute atomic E-state index is 4.97. The van der Waals surface area contributed by atoms with E-state index < -0.39 is 0 Å². The first kappa shape index (κ1) is 29.5. The van der Waals surface area contributed by atoms with Crippen LogP contribution in [0.2, 0.25) is 0 Å². The number of hydrogen-bond donors (Lipinski definition) is 0. The molecule has 0 fully saturated rings. The fourth-order valence-corrected chi connectivity index (χ4v) is 7.33. The molecule has 0 amide bonds. The number of aromatic nitrogens is 2. The minimum atomic E-state index is 0.932. The number of nitrogens with zero attached hydrogens (tertiary/aromatic N) is 2. The largest absolute Gasteiger partial charge is 0.264 e. The lowest BCUT2D eigenvalue weighted by Gasteiger charge is -2.21. The molecule has 50 heavy (non-hydrogen) atoms. The predicted molar refractivity (Wildman–Crippen MR) is 210 cm³/mol. The van der Waals surface area contributed by atoms with Crippen LogP contribution in [-0.4, -0.2) is 9.97 Å². The van der Waals surface area contributed by atoms with E-state index in [-0.39, 0.29) is 0 Å². The lowest BCUT2D eigenvalue weighted by molar-refractivity contribution is 1.30. The van der Waals surface area contributed by atoms with E-state index >= 15 is 0 Å². The molecule has 0 saturated carbocycles. The monoisotopic (exact) mass is 636 g/mol. The first-order valence-corrected chi connectivity index (χ1v) is 17.0. The van der Waals surface area contributed by atoms with Crippen molar-refractivity contribution < 1.29 is 0 Å². The third kappa shape index (κ3) is 5.24. The van der Waals surface area contributed by atoms with E-state index in [1.165, 1.54) is 66.1 Å². The molecule has 0 saturated heterocycles. The van der Waals surface area contributed by atoms with Gasteiger partial charge in [-0.15, -0.1) is 0 Å². The number of pyridine rings is 2. The smallest absolute Gasteiger partial charge is 0.0702 e. The Kier molecular flexibility index (Phi) is 7.53. The number of benzene rings is 7. The molecule has 2 heterocycles. The van der Waals surface area contributed by atoms with E-state index in [0.29, 0.717) is 0 Å². The van der Waals surface area contributed by atoms with Gasteiger partial charge in [0, 0.05) is 35.3 Å². The molecule has 0 atom stereocenters. The van der Waals surface area contributed by atoms with Crippen molar-refractivity contribution in [2.24, 2.45) is 0 Å². The molecule has 0 spiro atoms. The summed E-state index contributed by atoms with van der Waals surface area (Å²) in [4.78, 5) is 9.27. The summed E-state index contributed by atoms with van der Waals surface area (Å²) in [6, 6.07) is 63.1. The van der Waals surface area contributed by atoms with Gasteiger partial charge in [-0.2, -0.15) is 0 Å². The van der Waals surface area contributed by atoms with Crippen molar-refractivity contribution in [3.63, 3.8) is 0 Å². The van der Waals surface area contributed by atoms with Crippen LogP contribution in [0.25, 0.3) is 88.4 Å². The normalized spacial score (nSPS) is 11.2. The van der Waals surface area contributed by atoms with E-state index in [4.69, 9.17) is 4.98 Å². The summed E-state index contributed by atoms with van der Waals surface area (Å²) in [5.74, 6) is 0. The summed E-state index contributed by atoms with van der Waals surface area (Å²) in [6.45, 7) is 0. The molecule has 0 radical (unpaired) electrons. The van der Waals surface area contributed by atoms with Gasteiger partial charge in [0.05, 0.1) is 5.69 Å². The van der Waals surface area contributed by atoms with Crippen LogP contribution in [0, 0.1) is 0 Å². The highest BCUT2D eigenvalue weighted by atomic mass is 14.7. The summed E-state index contributed by atoms with van der Waals surface area (Å²) in [7, 11) is 0. The second-order valence-electron chi connectivity index (χ2n) is 12.6. The third-order valence-corrected chi connectivity index (χ3v) is 9.64. The molecule has 2 aromatic heterocycles. The second kappa shape index (κ2) is 12.8. The van der Waals surface area contributed by atoms with E-state index in [2.05, 4.69) is 175 Å².